The Hall–Kier alpha value is -11.9. The summed E-state index contributed by atoms with van der Waals surface area (Å²) in [6.07, 6.45) is -15.8. The fourth-order valence-corrected chi connectivity index (χ4v) is 16.4. The van der Waals surface area contributed by atoms with Crippen LogP contribution in [0.25, 0.3) is 11.1 Å². The van der Waals surface area contributed by atoms with Crippen LogP contribution in [0.2, 0.25) is 10.0 Å². The maximum Gasteiger partial charge on any atom is 0.335 e. The molecular weight excluding hydrogens is 1720 g/mol. The summed E-state index contributed by atoms with van der Waals surface area (Å²) < 4.78 is 44.5. The van der Waals surface area contributed by atoms with Crippen LogP contribution in [0.5, 0.6) is 69.0 Å². The van der Waals surface area contributed by atoms with Crippen molar-refractivity contribution < 1.29 is 138 Å². The second-order valence-electron chi connectivity index (χ2n) is 32.7. The number of aromatic hydroxyl groups is 4. The van der Waals surface area contributed by atoms with Gasteiger partial charge in [0.25, 0.3) is 0 Å². The number of likely N-dealkylation sites (N-methyl/N-ethyl adjacent to an activating group) is 1. The molecule has 1 unspecified atom stereocenters. The molecule has 0 spiro atoms. The maximum absolute atomic E-state index is 16.8. The van der Waals surface area contributed by atoms with Crippen molar-refractivity contribution in [1.29, 1.82) is 0 Å². The zero-order valence-corrected chi connectivity index (χ0v) is 71.2. The van der Waals surface area contributed by atoms with Gasteiger partial charge in [-0.2, -0.15) is 0 Å². The quantitative estimate of drug-likeness (QED) is 0.0423. The number of rotatable bonds is 22. The van der Waals surface area contributed by atoms with Crippen molar-refractivity contribution in [3.05, 3.63) is 164 Å². The minimum Gasteiger partial charge on any atom is -0.508 e. The Bertz CT molecular complexity index is 5340. The number of fused-ring (bicyclic) bond motifs is 14. The summed E-state index contributed by atoms with van der Waals surface area (Å²) in [7, 11) is 4.95. The molecule has 40 heteroatoms. The Morgan fingerprint density at radius 2 is 1.21 bits per heavy atom. The molecule has 0 aromatic heterocycles. The van der Waals surface area contributed by atoms with Crippen molar-refractivity contribution in [3.63, 3.8) is 0 Å². The number of aliphatic hydroxyl groups excluding tert-OH is 7. The third kappa shape index (κ3) is 21.1. The van der Waals surface area contributed by atoms with Gasteiger partial charge >= 0.3 is 5.97 Å². The lowest BCUT2D eigenvalue weighted by atomic mass is 9.89. The van der Waals surface area contributed by atoms with Crippen LogP contribution in [-0.4, -0.2) is 234 Å². The van der Waals surface area contributed by atoms with E-state index in [9.17, 15) is 75.7 Å². The van der Waals surface area contributed by atoms with Gasteiger partial charge in [-0.3, -0.25) is 38.4 Å². The molecule has 17 bridgehead atoms. The molecule has 8 heterocycles. The van der Waals surface area contributed by atoms with Crippen molar-refractivity contribution >= 4 is 76.4 Å². The van der Waals surface area contributed by atoms with Crippen LogP contribution < -0.4 is 71.5 Å². The number of ether oxygens (including phenoxy) is 7. The Morgan fingerprint density at radius 1 is 0.562 bits per heavy atom. The van der Waals surface area contributed by atoms with Gasteiger partial charge in [0.1, 0.15) is 131 Å². The van der Waals surface area contributed by atoms with Crippen LogP contribution in [0.1, 0.15) is 147 Å². The van der Waals surface area contributed by atoms with E-state index in [1.165, 1.54) is 49.5 Å². The molecule has 8 aliphatic heterocycles. The Balaban J connectivity index is 1.04. The smallest absolute Gasteiger partial charge is 0.335 e. The van der Waals surface area contributed by atoms with Crippen LogP contribution in [0.4, 0.5) is 0 Å². The number of carbonyl (C=O) groups is 9. The first-order valence-electron chi connectivity index (χ1n) is 41.5. The summed E-state index contributed by atoms with van der Waals surface area (Å²) in [4.78, 5) is 140. The van der Waals surface area contributed by atoms with Gasteiger partial charge in [-0.05, 0) is 153 Å². The van der Waals surface area contributed by atoms with E-state index >= 15 is 28.8 Å². The molecule has 18 atom stereocenters. The van der Waals surface area contributed by atoms with Crippen molar-refractivity contribution in [2.75, 3.05) is 40.8 Å². The molecule has 21 N–H and O–H groups in total. The van der Waals surface area contributed by atoms with Crippen molar-refractivity contribution in [2.24, 2.45) is 5.92 Å². The van der Waals surface area contributed by atoms with Crippen molar-refractivity contribution in [1.82, 2.24) is 52.8 Å². The monoisotopic (exact) mass is 1810 g/mol. The molecule has 8 aliphatic rings. The second kappa shape index (κ2) is 40.6. The number of carboxylic acid groups (broad SMARTS) is 1. The van der Waals surface area contributed by atoms with E-state index in [0.29, 0.717) is 30.9 Å². The van der Waals surface area contributed by atoms with Crippen LogP contribution in [-0.2, 0) is 59.0 Å². The van der Waals surface area contributed by atoms with Gasteiger partial charge in [-0.1, -0.05) is 106 Å². The molecule has 2 saturated heterocycles. The molecule has 38 nitrogen and oxygen atoms in total. The predicted molar refractivity (Wildman–Crippen MR) is 452 cm³/mol. The zero-order chi connectivity index (χ0) is 92.0. The highest BCUT2D eigenvalue weighted by molar-refractivity contribution is 6.33. The second-order valence-corrected chi connectivity index (χ2v) is 33.5. The van der Waals surface area contributed by atoms with Gasteiger partial charge in [0.15, 0.2) is 29.1 Å². The Kier molecular flexibility index (Phi) is 29.7. The van der Waals surface area contributed by atoms with Gasteiger partial charge in [0.2, 0.25) is 65.6 Å². The van der Waals surface area contributed by atoms with Gasteiger partial charge < -0.3 is 147 Å². The number of nitrogens with zero attached hydrogens (tertiary/aromatic N) is 1. The SMILES string of the molecule is CN[C@H]1C(=O)N[C@@H]2Cc3ccc(cc3)Oc3cc4cc(c3O[C@@H]3O[C@H](C(=O)O)[C@@H](O)[C@H](O)[C@H]3NC(=O)CCCCCCCCC(C)C)Oc3ccc(cc3Cl)[C@@H](O)[C@@H]3NC(=O)[C@H](NC(=O)[C@@H]4NC(=O)[C@@H](NC2=O)c2cc(cc(O)c2Cl)Oc2cc1ccc2O)c1ccc(O)c(c1)-c1c(OC2O[C@H](CO)[C@@H](O)[C@H](O)[C@@H]2O)cc(O)cc1[C@@H](C(=O)NCCCN(C)C)NC3=O. The average molecular weight is 1820 g/mol. The topological polar surface area (TPSA) is 573 Å². The largest absolute Gasteiger partial charge is 0.508 e. The van der Waals surface area contributed by atoms with Crippen LogP contribution >= 0.6 is 23.2 Å². The number of hydrogen-bond acceptors (Lipinski definition) is 29. The molecule has 0 aliphatic carbocycles. The third-order valence-corrected chi connectivity index (χ3v) is 23.4. The number of benzene rings is 7. The van der Waals surface area contributed by atoms with Gasteiger partial charge in [0.05, 0.1) is 16.7 Å². The third-order valence-electron chi connectivity index (χ3n) is 22.7. The van der Waals surface area contributed by atoms with E-state index in [1.54, 1.807) is 19.0 Å². The van der Waals surface area contributed by atoms with Crippen molar-refractivity contribution in [3.8, 4) is 80.1 Å². The van der Waals surface area contributed by atoms with E-state index in [1.807, 2.05) is 0 Å². The maximum atomic E-state index is 16.8. The number of aliphatic carboxylic acids is 1. The summed E-state index contributed by atoms with van der Waals surface area (Å²) in [6.45, 7) is 3.61. The van der Waals surface area contributed by atoms with E-state index < -0.39 is 271 Å². The first-order chi connectivity index (χ1) is 61.1. The minimum absolute atomic E-state index is 0.0943. The number of phenolic OH excluding ortho intramolecular Hbond substituents is 4. The standard InChI is InChI=1S/C88H100Cl2N10O28/c1-38(2)13-10-8-6-7-9-11-14-61(106)94-70-73(109)75(111)78(86(120)121)128-87(70)127-77-58-31-43-32-59(77)124-55-24-19-42(29-50(55)89)71(107)69-85(119)98-67(80(114)92-25-12-26-100(4)5)48-33-44(102)34-57(125-88-76(112)74(110)72(108)60(37-101)126-88)62(48)47-28-40(17-22-52(47)103)65(82(116)99-69)95-83(117)66(43)96-84(118)68-49-35-46(36-54(105)63(49)90)123-56-30-41(18-23-53(56)104)64(91-3)81(115)93-51(79(113)97-68)27-39-15-20-45(122-58)21-16-39/h15-24,28-36,38,51,60,64-76,78,87-88,91,101-105,107-112H,6-14,25-27,37H2,1-5H3,(H,92,114)(H,93,115)(H,94,106)(H,95,117)(H,96,118)(H,97,113)(H,98,119)(H,99,116)(H,120,121)/t51-,60-,64-,65-,66-,67+,68+,69+,70-,71-,72-,73-,74+,75+,76+,78+,87-,88?/m1/s1. The number of hydrogen-bond donors (Lipinski definition) is 21. The van der Waals surface area contributed by atoms with E-state index in [4.69, 9.17) is 56.4 Å². The number of amides is 8. The predicted octanol–water partition coefficient (Wildman–Crippen LogP) is 4.17. The van der Waals surface area contributed by atoms with E-state index in [-0.39, 0.29) is 47.8 Å². The fourth-order valence-electron chi connectivity index (χ4n) is 15.9. The Morgan fingerprint density at radius 3 is 1.91 bits per heavy atom. The summed E-state index contributed by atoms with van der Waals surface area (Å²) >= 11 is 14.3. The summed E-state index contributed by atoms with van der Waals surface area (Å²) in [5, 5.41) is 161. The first kappa shape index (κ1) is 93.7. The number of carboxylic acids is 1. The van der Waals surface area contributed by atoms with E-state index in [0.717, 1.165) is 105 Å². The molecular formula is C88H100Cl2N10O28. The van der Waals surface area contributed by atoms with Gasteiger partial charge in [-0.15, -0.1) is 0 Å². The number of unbranched alkanes of at least 4 members (excludes halogenated alkanes) is 5. The molecule has 7 aromatic carbocycles. The van der Waals surface area contributed by atoms with Crippen LogP contribution in [0.3, 0.4) is 0 Å². The summed E-state index contributed by atoms with van der Waals surface area (Å²) in [5.74, 6) is -17.5. The summed E-state index contributed by atoms with van der Waals surface area (Å²) in [6, 6.07) is 5.68. The number of carbonyl (C=O) groups excluding carboxylic acids is 8. The molecule has 0 radical (unpaired) electrons. The van der Waals surface area contributed by atoms with Crippen molar-refractivity contribution in [2.45, 2.75) is 188 Å². The summed E-state index contributed by atoms with van der Waals surface area (Å²) in [5.41, 5.74) is -2.68. The highest BCUT2D eigenvalue weighted by atomic mass is 35.5. The highest BCUT2D eigenvalue weighted by Crippen LogP contribution is 2.51. The highest BCUT2D eigenvalue weighted by Gasteiger charge is 2.52. The molecule has 0 saturated carbocycles. The lowest BCUT2D eigenvalue weighted by molar-refractivity contribution is -0.277. The number of aliphatic hydroxyl groups is 7. The molecule has 684 valence electrons. The number of halogens is 2. The first-order valence-corrected chi connectivity index (χ1v) is 42.3. The molecule has 8 amide bonds. The molecule has 15 rings (SSSR count). The molecule has 2 fully saturated rings. The van der Waals surface area contributed by atoms with Gasteiger partial charge in [0, 0.05) is 48.2 Å². The Labute approximate surface area is 742 Å². The number of nitrogens with one attached hydrogen (secondary N) is 9. The lowest BCUT2D eigenvalue weighted by Crippen LogP contribution is -2.66. The van der Waals surface area contributed by atoms with Crippen LogP contribution in [0.15, 0.2) is 115 Å². The van der Waals surface area contributed by atoms with Gasteiger partial charge in [-0.25, -0.2) is 4.79 Å². The van der Waals surface area contributed by atoms with E-state index in [2.05, 4.69) is 61.7 Å². The number of phenols is 4. The molecule has 7 aromatic rings. The zero-order valence-electron chi connectivity index (χ0n) is 69.7. The minimum atomic E-state index is -2.45. The average Bonchev–Trinajstić information content (AvgIpc) is 0.755. The van der Waals surface area contributed by atoms with Crippen LogP contribution in [0, 0.1) is 5.92 Å². The fraction of sp³-hybridized carbons (Fsp3) is 0.420. The normalized spacial score (nSPS) is 25.8. The lowest BCUT2D eigenvalue weighted by Gasteiger charge is -2.41. The molecule has 128 heavy (non-hydrogen) atoms.